The van der Waals surface area contributed by atoms with Crippen molar-refractivity contribution >= 4 is 5.91 Å². The molecule has 2 fully saturated rings. The van der Waals surface area contributed by atoms with Gasteiger partial charge in [-0.3, -0.25) is 4.79 Å². The highest BCUT2D eigenvalue weighted by Crippen LogP contribution is 2.30. The summed E-state index contributed by atoms with van der Waals surface area (Å²) in [4.78, 5) is 13.4. The molecule has 2 heterocycles. The van der Waals surface area contributed by atoms with Crippen LogP contribution in [0.4, 0.5) is 0 Å². The van der Waals surface area contributed by atoms with Gasteiger partial charge in [0.25, 0.3) is 0 Å². The lowest BCUT2D eigenvalue weighted by atomic mass is 9.97. The first-order valence-corrected chi connectivity index (χ1v) is 37.3. The Hall–Kier alpha value is -2.83. The van der Waals surface area contributed by atoms with E-state index < -0.39 is 86.8 Å². The number of hydrogen-bond acceptors (Lipinski definition) is 13. The van der Waals surface area contributed by atoms with E-state index in [4.69, 9.17) is 18.9 Å². The third kappa shape index (κ3) is 44.5. The summed E-state index contributed by atoms with van der Waals surface area (Å²) < 4.78 is 22.9. The van der Waals surface area contributed by atoms with Crippen molar-refractivity contribution in [3.63, 3.8) is 0 Å². The average Bonchev–Trinajstić information content (AvgIpc) is 1.28. The maximum atomic E-state index is 13.4. The van der Waals surface area contributed by atoms with Gasteiger partial charge in [0.2, 0.25) is 5.91 Å². The highest BCUT2D eigenvalue weighted by Gasteiger charge is 2.51. The molecular formula is C77H137NO13. The predicted molar refractivity (Wildman–Crippen MR) is 373 cm³/mol. The predicted octanol–water partition coefficient (Wildman–Crippen LogP) is 16.0. The summed E-state index contributed by atoms with van der Waals surface area (Å²) in [6.07, 6.45) is 67.9. The van der Waals surface area contributed by atoms with Crippen molar-refractivity contribution in [3.8, 4) is 0 Å². The SMILES string of the molecule is CC/C=C\C/C=C\C/C=C\C/C=C\CCCCCCCCCCCCCCCCCCCCCCC(=O)NC(COC1OC(CO)C(OC2OC(CO)C(O)C(O)C2O)C(O)C1O)C(O)/C=C/CC/C=C/CC/C=C/CCCCCCCCCCCCCCCC. The lowest BCUT2D eigenvalue weighted by Gasteiger charge is -2.46. The molecule has 0 aromatic rings. The van der Waals surface area contributed by atoms with Crippen LogP contribution in [0, 0.1) is 0 Å². The Morgan fingerprint density at radius 3 is 1.21 bits per heavy atom. The van der Waals surface area contributed by atoms with Crippen LogP contribution in [0.15, 0.2) is 85.1 Å². The van der Waals surface area contributed by atoms with E-state index in [2.05, 4.69) is 92.1 Å². The summed E-state index contributed by atoms with van der Waals surface area (Å²) in [5, 5.41) is 87.5. The topological polar surface area (TPSA) is 228 Å². The van der Waals surface area contributed by atoms with Crippen LogP contribution in [0.5, 0.6) is 0 Å². The number of allylic oxidation sites excluding steroid dienone is 13. The van der Waals surface area contributed by atoms with Gasteiger partial charge in [-0.2, -0.15) is 0 Å². The molecule has 12 unspecified atom stereocenters. The Labute approximate surface area is 554 Å². The van der Waals surface area contributed by atoms with Crippen LogP contribution in [-0.2, 0) is 23.7 Å². The fourth-order valence-electron chi connectivity index (χ4n) is 11.9. The van der Waals surface area contributed by atoms with Crippen LogP contribution < -0.4 is 5.32 Å². The lowest BCUT2D eigenvalue weighted by Crippen LogP contribution is -2.65. The third-order valence-electron chi connectivity index (χ3n) is 17.8. The Kier molecular flexibility index (Phi) is 56.3. The van der Waals surface area contributed by atoms with E-state index in [1.54, 1.807) is 6.08 Å². The largest absolute Gasteiger partial charge is 0.394 e. The molecule has 91 heavy (non-hydrogen) atoms. The number of aliphatic hydroxyl groups excluding tert-OH is 8. The monoisotopic (exact) mass is 1280 g/mol. The third-order valence-corrected chi connectivity index (χ3v) is 17.8. The molecule has 0 bridgehead atoms. The summed E-state index contributed by atoms with van der Waals surface area (Å²) in [7, 11) is 0. The Morgan fingerprint density at radius 1 is 0.407 bits per heavy atom. The zero-order valence-corrected chi connectivity index (χ0v) is 57.6. The van der Waals surface area contributed by atoms with Gasteiger partial charge in [0.05, 0.1) is 32.0 Å². The molecule has 9 N–H and O–H groups in total. The van der Waals surface area contributed by atoms with Gasteiger partial charge >= 0.3 is 0 Å². The molecule has 2 aliphatic heterocycles. The number of ether oxygens (including phenoxy) is 4. The summed E-state index contributed by atoms with van der Waals surface area (Å²) in [5.41, 5.74) is 0. The van der Waals surface area contributed by atoms with E-state index in [9.17, 15) is 45.6 Å². The Bertz CT molecular complexity index is 1850. The number of carbonyl (C=O) groups excluding carboxylic acids is 1. The molecule has 0 aromatic heterocycles. The quantitative estimate of drug-likeness (QED) is 0.0204. The van der Waals surface area contributed by atoms with Crippen LogP contribution >= 0.6 is 0 Å². The number of hydrogen-bond donors (Lipinski definition) is 9. The van der Waals surface area contributed by atoms with Crippen LogP contribution in [0.25, 0.3) is 0 Å². The summed E-state index contributed by atoms with van der Waals surface area (Å²) in [5.74, 6) is -0.251. The Balaban J connectivity index is 1.65. The zero-order chi connectivity index (χ0) is 65.9. The molecule has 14 nitrogen and oxygen atoms in total. The number of nitrogens with one attached hydrogen (secondary N) is 1. The van der Waals surface area contributed by atoms with Crippen molar-refractivity contribution in [3.05, 3.63) is 85.1 Å². The van der Waals surface area contributed by atoms with Crippen LogP contribution in [0.2, 0.25) is 0 Å². The van der Waals surface area contributed by atoms with E-state index in [1.165, 1.54) is 199 Å². The van der Waals surface area contributed by atoms with Crippen molar-refractivity contribution in [1.29, 1.82) is 0 Å². The van der Waals surface area contributed by atoms with Crippen molar-refractivity contribution < 1.29 is 64.6 Å². The maximum absolute atomic E-state index is 13.4. The van der Waals surface area contributed by atoms with Gasteiger partial charge in [-0.1, -0.05) is 298 Å². The number of aliphatic hydroxyl groups is 8. The van der Waals surface area contributed by atoms with Gasteiger partial charge < -0.3 is 65.1 Å². The number of carbonyl (C=O) groups is 1. The molecular weight excluding hydrogens is 1150 g/mol. The first-order valence-electron chi connectivity index (χ1n) is 37.3. The van der Waals surface area contributed by atoms with Gasteiger partial charge in [-0.25, -0.2) is 0 Å². The molecule has 2 aliphatic rings. The average molecular weight is 1280 g/mol. The van der Waals surface area contributed by atoms with Crippen molar-refractivity contribution in [2.45, 2.75) is 376 Å². The highest BCUT2D eigenvalue weighted by molar-refractivity contribution is 5.76. The molecule has 528 valence electrons. The second-order valence-corrected chi connectivity index (χ2v) is 26.0. The molecule has 0 aromatic carbocycles. The maximum Gasteiger partial charge on any atom is 0.220 e. The van der Waals surface area contributed by atoms with Crippen LogP contribution in [-0.4, -0.2) is 140 Å². The van der Waals surface area contributed by atoms with Gasteiger partial charge in [0.1, 0.15) is 48.8 Å². The molecule has 0 spiro atoms. The van der Waals surface area contributed by atoms with E-state index in [1.807, 2.05) is 6.08 Å². The molecule has 0 saturated carbocycles. The van der Waals surface area contributed by atoms with E-state index in [0.717, 1.165) is 70.6 Å². The Morgan fingerprint density at radius 2 is 0.769 bits per heavy atom. The van der Waals surface area contributed by atoms with E-state index >= 15 is 0 Å². The molecule has 14 heteroatoms. The van der Waals surface area contributed by atoms with Crippen molar-refractivity contribution in [1.82, 2.24) is 5.32 Å². The standard InChI is InChI=1S/C77H137NO13/c1-3-5-7-9-11-13-15-17-19-21-23-25-27-29-30-31-32-33-34-35-36-37-39-41-43-45-47-49-51-53-55-57-59-61-69(82)78-65(64-88-76-74(87)72(85)75(68(63-80)90-76)91-77-73(86)71(84)70(83)67(62-79)89-77)66(81)60-58-56-54-52-50-48-46-44-42-40-38-28-26-24-22-20-18-16-14-12-10-8-6-4-2/h5,7,11,13,17,19,23,25,42,44,50,52,58,60,65-68,70-77,79-81,83-87H,3-4,6,8-10,12,14-16,18,20-22,24,26-41,43,45-49,51,53-57,59,61-64H2,1-2H3,(H,78,82)/b7-5-,13-11-,19-17-,25-23-,44-42+,52-50+,60-58+. The van der Waals surface area contributed by atoms with Gasteiger partial charge in [0.15, 0.2) is 12.6 Å². The number of amides is 1. The van der Waals surface area contributed by atoms with Crippen molar-refractivity contribution in [2.75, 3.05) is 19.8 Å². The summed E-state index contributed by atoms with van der Waals surface area (Å²) in [6.45, 7) is 2.70. The first kappa shape index (κ1) is 84.3. The smallest absolute Gasteiger partial charge is 0.220 e. The molecule has 0 aliphatic carbocycles. The van der Waals surface area contributed by atoms with Crippen LogP contribution in [0.3, 0.4) is 0 Å². The molecule has 1 amide bonds. The minimum atomic E-state index is -1.80. The molecule has 2 rings (SSSR count). The minimum Gasteiger partial charge on any atom is -0.394 e. The number of unbranched alkanes of at least 4 members (excludes halogenated alkanes) is 36. The van der Waals surface area contributed by atoms with E-state index in [-0.39, 0.29) is 18.9 Å². The molecule has 2 saturated heterocycles. The second-order valence-electron chi connectivity index (χ2n) is 26.0. The van der Waals surface area contributed by atoms with Gasteiger partial charge in [-0.15, -0.1) is 0 Å². The van der Waals surface area contributed by atoms with Gasteiger partial charge in [0, 0.05) is 6.42 Å². The highest BCUT2D eigenvalue weighted by atomic mass is 16.7. The fourth-order valence-corrected chi connectivity index (χ4v) is 11.9. The fraction of sp³-hybridized carbons (Fsp3) is 0.805. The zero-order valence-electron chi connectivity index (χ0n) is 57.6. The second kappa shape index (κ2) is 60.8. The first-order chi connectivity index (χ1) is 44.6. The summed E-state index contributed by atoms with van der Waals surface area (Å²) >= 11 is 0. The normalized spacial score (nSPS) is 23.3. The number of rotatable bonds is 61. The van der Waals surface area contributed by atoms with Crippen molar-refractivity contribution in [2.24, 2.45) is 0 Å². The summed E-state index contributed by atoms with van der Waals surface area (Å²) in [6, 6.07) is -0.942. The van der Waals surface area contributed by atoms with Gasteiger partial charge in [-0.05, 0) is 83.5 Å². The molecule has 12 atom stereocenters. The van der Waals surface area contributed by atoms with E-state index in [0.29, 0.717) is 12.8 Å². The molecule has 0 radical (unpaired) electrons. The van der Waals surface area contributed by atoms with Crippen LogP contribution in [0.1, 0.15) is 303 Å². The lowest BCUT2D eigenvalue weighted by molar-refractivity contribution is -0.359. The minimum absolute atomic E-state index is 0.251.